The first kappa shape index (κ1) is 10.8. The number of aromatic nitrogens is 2. The van der Waals surface area contributed by atoms with Crippen molar-refractivity contribution >= 4 is 5.82 Å². The van der Waals surface area contributed by atoms with E-state index < -0.39 is 0 Å². The summed E-state index contributed by atoms with van der Waals surface area (Å²) in [4.78, 5) is 10.2. The predicted octanol–water partition coefficient (Wildman–Crippen LogP) is 0.557. The van der Waals surface area contributed by atoms with Crippen LogP contribution in [0, 0.1) is 17.2 Å². The minimum Gasteiger partial charge on any atom is -0.395 e. The van der Waals surface area contributed by atoms with E-state index in [-0.39, 0.29) is 6.61 Å². The largest absolute Gasteiger partial charge is 0.395 e. The molecular formula is C11H14N4O. The molecule has 1 aliphatic rings. The third-order valence-corrected chi connectivity index (χ3v) is 2.62. The molecule has 0 aliphatic heterocycles. The topological polar surface area (TPSA) is 73.0 Å². The molecule has 0 atom stereocenters. The predicted molar refractivity (Wildman–Crippen MR) is 58.8 cm³/mol. The van der Waals surface area contributed by atoms with E-state index in [4.69, 9.17) is 10.4 Å². The number of rotatable bonds is 5. The number of aliphatic hydroxyl groups is 1. The Hall–Kier alpha value is -1.67. The van der Waals surface area contributed by atoms with Crippen LogP contribution in [0.5, 0.6) is 0 Å². The van der Waals surface area contributed by atoms with E-state index in [1.807, 2.05) is 11.0 Å². The van der Waals surface area contributed by atoms with Gasteiger partial charge in [-0.3, -0.25) is 0 Å². The number of anilines is 1. The number of hydrogen-bond acceptors (Lipinski definition) is 5. The third kappa shape index (κ3) is 2.67. The van der Waals surface area contributed by atoms with E-state index in [1.54, 1.807) is 6.20 Å². The lowest BCUT2D eigenvalue weighted by Gasteiger charge is -2.21. The summed E-state index contributed by atoms with van der Waals surface area (Å²) in [5.41, 5.74) is 0.319. The van der Waals surface area contributed by atoms with E-state index in [0.717, 1.165) is 18.3 Å². The highest BCUT2D eigenvalue weighted by Crippen LogP contribution is 2.30. The quantitative estimate of drug-likeness (QED) is 0.781. The maximum Gasteiger partial charge on any atom is 0.158 e. The van der Waals surface area contributed by atoms with Crippen molar-refractivity contribution in [3.63, 3.8) is 0 Å². The van der Waals surface area contributed by atoms with E-state index >= 15 is 0 Å². The zero-order chi connectivity index (χ0) is 11.4. The van der Waals surface area contributed by atoms with Crippen LogP contribution in [0.2, 0.25) is 0 Å². The molecule has 0 amide bonds. The molecule has 1 heterocycles. The first-order valence-corrected chi connectivity index (χ1v) is 5.41. The number of nitriles is 1. The molecule has 0 aromatic carbocycles. The van der Waals surface area contributed by atoms with Gasteiger partial charge in [-0.15, -0.1) is 0 Å². The summed E-state index contributed by atoms with van der Waals surface area (Å²) in [6.45, 7) is 1.59. The van der Waals surface area contributed by atoms with Crippen LogP contribution in [0.25, 0.3) is 0 Å². The summed E-state index contributed by atoms with van der Waals surface area (Å²) in [5, 5.41) is 17.6. The number of aliphatic hydroxyl groups excluding tert-OH is 1. The summed E-state index contributed by atoms with van der Waals surface area (Å²) in [6.07, 6.45) is 5.57. The fourth-order valence-electron chi connectivity index (χ4n) is 1.57. The van der Waals surface area contributed by atoms with Crippen LogP contribution in [0.3, 0.4) is 0 Å². The standard InChI is InChI=1S/C11H14N4O/c12-5-10-6-14-11(7-13-10)15(3-4-16)8-9-1-2-9/h6-7,9,16H,1-4,8H2. The average molecular weight is 218 g/mol. The lowest BCUT2D eigenvalue weighted by molar-refractivity contribution is 0.301. The van der Waals surface area contributed by atoms with E-state index in [2.05, 4.69) is 9.97 Å². The molecule has 1 aromatic rings. The minimum atomic E-state index is 0.106. The van der Waals surface area contributed by atoms with Gasteiger partial charge >= 0.3 is 0 Å². The Kier molecular flexibility index (Phi) is 3.32. The Bertz CT molecular complexity index is 380. The van der Waals surface area contributed by atoms with E-state index in [1.165, 1.54) is 19.0 Å². The van der Waals surface area contributed by atoms with Crippen LogP contribution in [-0.4, -0.2) is 34.8 Å². The van der Waals surface area contributed by atoms with Gasteiger partial charge in [0, 0.05) is 13.1 Å². The summed E-state index contributed by atoms with van der Waals surface area (Å²) in [5.74, 6) is 1.46. The average Bonchev–Trinajstić information content (AvgIpc) is 3.13. The van der Waals surface area contributed by atoms with Crippen LogP contribution in [0.15, 0.2) is 12.4 Å². The van der Waals surface area contributed by atoms with Gasteiger partial charge in [0.1, 0.15) is 11.9 Å². The summed E-state index contributed by atoms with van der Waals surface area (Å²) < 4.78 is 0. The van der Waals surface area contributed by atoms with Crippen molar-refractivity contribution in [3.8, 4) is 6.07 Å². The van der Waals surface area contributed by atoms with Crippen molar-refractivity contribution < 1.29 is 5.11 Å². The molecular weight excluding hydrogens is 204 g/mol. The smallest absolute Gasteiger partial charge is 0.158 e. The van der Waals surface area contributed by atoms with Crippen molar-refractivity contribution in [3.05, 3.63) is 18.1 Å². The zero-order valence-corrected chi connectivity index (χ0v) is 9.00. The molecule has 1 N–H and O–H groups in total. The number of nitrogens with zero attached hydrogens (tertiary/aromatic N) is 4. The number of hydrogen-bond donors (Lipinski definition) is 1. The second kappa shape index (κ2) is 4.90. The van der Waals surface area contributed by atoms with Crippen LogP contribution in [-0.2, 0) is 0 Å². The monoisotopic (exact) mass is 218 g/mol. The SMILES string of the molecule is N#Cc1cnc(N(CCO)CC2CC2)cn1. The Morgan fingerprint density at radius 2 is 2.25 bits per heavy atom. The maximum atomic E-state index is 8.99. The Balaban J connectivity index is 2.07. The highest BCUT2D eigenvalue weighted by Gasteiger charge is 2.24. The van der Waals surface area contributed by atoms with Crippen molar-refractivity contribution in [2.45, 2.75) is 12.8 Å². The molecule has 1 aromatic heterocycles. The minimum absolute atomic E-state index is 0.106. The zero-order valence-electron chi connectivity index (χ0n) is 9.00. The van der Waals surface area contributed by atoms with Gasteiger partial charge in [-0.05, 0) is 18.8 Å². The van der Waals surface area contributed by atoms with E-state index in [9.17, 15) is 0 Å². The van der Waals surface area contributed by atoms with E-state index in [0.29, 0.717) is 12.2 Å². The van der Waals surface area contributed by atoms with Crippen LogP contribution >= 0.6 is 0 Å². The summed E-state index contributed by atoms with van der Waals surface area (Å²) >= 11 is 0. The molecule has 0 spiro atoms. The van der Waals surface area contributed by atoms with Gasteiger partial charge in [0.2, 0.25) is 0 Å². The fraction of sp³-hybridized carbons (Fsp3) is 0.545. The molecule has 1 saturated carbocycles. The van der Waals surface area contributed by atoms with Gasteiger partial charge in [0.25, 0.3) is 0 Å². The van der Waals surface area contributed by atoms with Crippen LogP contribution < -0.4 is 4.90 Å². The molecule has 84 valence electrons. The Morgan fingerprint density at radius 1 is 1.44 bits per heavy atom. The van der Waals surface area contributed by atoms with Crippen molar-refractivity contribution in [1.29, 1.82) is 5.26 Å². The maximum absolute atomic E-state index is 8.99. The highest BCUT2D eigenvalue weighted by molar-refractivity contribution is 5.37. The molecule has 1 fully saturated rings. The van der Waals surface area contributed by atoms with Crippen LogP contribution in [0.4, 0.5) is 5.82 Å². The molecule has 0 radical (unpaired) electrons. The molecule has 0 bridgehead atoms. The molecule has 2 rings (SSSR count). The second-order valence-electron chi connectivity index (χ2n) is 3.98. The summed E-state index contributed by atoms with van der Waals surface area (Å²) in [6, 6.07) is 1.94. The molecule has 5 heteroatoms. The molecule has 0 unspecified atom stereocenters. The molecule has 0 saturated heterocycles. The molecule has 16 heavy (non-hydrogen) atoms. The lowest BCUT2D eigenvalue weighted by Crippen LogP contribution is -2.29. The van der Waals surface area contributed by atoms with Gasteiger partial charge in [-0.1, -0.05) is 0 Å². The van der Waals surface area contributed by atoms with Gasteiger partial charge in [-0.25, -0.2) is 9.97 Å². The van der Waals surface area contributed by atoms with Gasteiger partial charge in [0.05, 0.1) is 19.0 Å². The van der Waals surface area contributed by atoms with Gasteiger partial charge in [-0.2, -0.15) is 5.26 Å². The lowest BCUT2D eigenvalue weighted by atomic mass is 10.3. The first-order chi connectivity index (χ1) is 7.83. The molecule has 1 aliphatic carbocycles. The van der Waals surface area contributed by atoms with Crippen molar-refractivity contribution in [2.75, 3.05) is 24.6 Å². The Labute approximate surface area is 94.4 Å². The third-order valence-electron chi connectivity index (χ3n) is 2.62. The Morgan fingerprint density at radius 3 is 2.75 bits per heavy atom. The summed E-state index contributed by atoms with van der Waals surface area (Å²) in [7, 11) is 0. The van der Waals surface area contributed by atoms with Crippen molar-refractivity contribution in [2.24, 2.45) is 5.92 Å². The normalized spacial score (nSPS) is 14.5. The first-order valence-electron chi connectivity index (χ1n) is 5.41. The fourth-order valence-corrected chi connectivity index (χ4v) is 1.57. The second-order valence-corrected chi connectivity index (χ2v) is 3.98. The molecule has 5 nitrogen and oxygen atoms in total. The van der Waals surface area contributed by atoms with Crippen molar-refractivity contribution in [1.82, 2.24) is 9.97 Å². The van der Waals surface area contributed by atoms with Crippen LogP contribution in [0.1, 0.15) is 18.5 Å². The van der Waals surface area contributed by atoms with Gasteiger partial charge in [0.15, 0.2) is 5.69 Å². The van der Waals surface area contributed by atoms with Gasteiger partial charge < -0.3 is 10.0 Å². The highest BCUT2D eigenvalue weighted by atomic mass is 16.3.